The van der Waals surface area contributed by atoms with E-state index >= 15 is 0 Å². The maximum Gasteiger partial charge on any atom is 0.318 e. The Labute approximate surface area is 204 Å². The van der Waals surface area contributed by atoms with Crippen LogP contribution in [0.1, 0.15) is 19.4 Å². The first-order valence-electron chi connectivity index (χ1n) is 11.2. The number of rotatable bonds is 8. The van der Waals surface area contributed by atoms with Gasteiger partial charge in [-0.2, -0.15) is 4.31 Å². The molecule has 188 valence electrons. The maximum atomic E-state index is 13.3. The first-order valence-corrected chi connectivity index (χ1v) is 12.6. The molecule has 2 aromatic rings. The summed E-state index contributed by atoms with van der Waals surface area (Å²) in [5, 5.41) is 5.34. The molecule has 4 amide bonds. The van der Waals surface area contributed by atoms with Crippen molar-refractivity contribution in [3.8, 4) is 0 Å². The molecule has 1 aliphatic rings. The van der Waals surface area contributed by atoms with Crippen LogP contribution in [0.15, 0.2) is 59.8 Å². The Bertz CT molecular complexity index is 1140. The number of nitrogens with two attached hydrogens (primary N) is 1. The van der Waals surface area contributed by atoms with Crippen LogP contribution in [0.5, 0.6) is 0 Å². The molecule has 2 unspecified atom stereocenters. The van der Waals surface area contributed by atoms with E-state index < -0.39 is 40.0 Å². The number of carbonyl (C=O) groups excluding carboxylic acids is 3. The standard InChI is InChI=1S/C23H30N6O5S/c1-16(2)26-23(32)29-12-11-28(35(33,34)18-8-4-3-5-9-18)15-20(29)22(31)27-19(21(24)30)13-17-7-6-10-25-14-17/h3-10,14,16,19-20H,11-13,15H2,1-2H3,(H2,24,30)(H,26,32)(H,27,31). The molecule has 11 nitrogen and oxygen atoms in total. The summed E-state index contributed by atoms with van der Waals surface area (Å²) in [6.07, 6.45) is 3.24. The Morgan fingerprint density at radius 2 is 1.80 bits per heavy atom. The molecular weight excluding hydrogens is 472 g/mol. The van der Waals surface area contributed by atoms with Gasteiger partial charge in [-0.3, -0.25) is 14.6 Å². The minimum atomic E-state index is -3.90. The number of sulfonamides is 1. The maximum absolute atomic E-state index is 13.3. The van der Waals surface area contributed by atoms with Crippen LogP contribution < -0.4 is 16.4 Å². The SMILES string of the molecule is CC(C)NC(=O)N1CCN(S(=O)(=O)c2ccccc2)CC1C(=O)NC(Cc1cccnc1)C(N)=O. The molecule has 3 rings (SSSR count). The zero-order valence-corrected chi connectivity index (χ0v) is 20.4. The molecule has 0 spiro atoms. The van der Waals surface area contributed by atoms with Crippen molar-refractivity contribution in [3.05, 3.63) is 60.4 Å². The van der Waals surface area contributed by atoms with Crippen molar-refractivity contribution in [1.82, 2.24) is 24.8 Å². The summed E-state index contributed by atoms with van der Waals surface area (Å²) in [5.41, 5.74) is 6.21. The van der Waals surface area contributed by atoms with Crippen LogP contribution in [0.2, 0.25) is 0 Å². The quantitative estimate of drug-likeness (QED) is 0.465. The average molecular weight is 503 g/mol. The topological polar surface area (TPSA) is 155 Å². The van der Waals surface area contributed by atoms with E-state index in [2.05, 4.69) is 15.6 Å². The van der Waals surface area contributed by atoms with Crippen LogP contribution in [-0.4, -0.2) is 78.2 Å². The number of carbonyl (C=O) groups is 3. The first kappa shape index (κ1) is 26.1. The molecule has 0 saturated carbocycles. The highest BCUT2D eigenvalue weighted by atomic mass is 32.2. The summed E-state index contributed by atoms with van der Waals surface area (Å²) in [6, 6.07) is 8.38. The summed E-state index contributed by atoms with van der Waals surface area (Å²) < 4.78 is 27.5. The lowest BCUT2D eigenvalue weighted by Crippen LogP contribution is -2.64. The van der Waals surface area contributed by atoms with E-state index in [-0.39, 0.29) is 37.0 Å². The fourth-order valence-electron chi connectivity index (χ4n) is 3.76. The fraction of sp³-hybridized carbons (Fsp3) is 0.391. The van der Waals surface area contributed by atoms with Gasteiger partial charge in [0.1, 0.15) is 12.1 Å². The van der Waals surface area contributed by atoms with E-state index in [4.69, 9.17) is 5.73 Å². The number of piperazine rings is 1. The third-order valence-electron chi connectivity index (χ3n) is 5.52. The second-order valence-electron chi connectivity index (χ2n) is 8.52. The van der Waals surface area contributed by atoms with Gasteiger partial charge in [-0.25, -0.2) is 13.2 Å². The fourth-order valence-corrected chi connectivity index (χ4v) is 5.22. The van der Waals surface area contributed by atoms with E-state index in [1.807, 2.05) is 0 Å². The number of urea groups is 1. The van der Waals surface area contributed by atoms with Crippen molar-refractivity contribution >= 4 is 27.9 Å². The van der Waals surface area contributed by atoms with Gasteiger partial charge in [0.05, 0.1) is 4.90 Å². The van der Waals surface area contributed by atoms with Crippen LogP contribution in [0.3, 0.4) is 0 Å². The van der Waals surface area contributed by atoms with E-state index in [1.165, 1.54) is 21.3 Å². The molecule has 4 N–H and O–H groups in total. The lowest BCUT2D eigenvalue weighted by Gasteiger charge is -2.40. The zero-order chi connectivity index (χ0) is 25.6. The third kappa shape index (κ3) is 6.55. The van der Waals surface area contributed by atoms with Gasteiger partial charge in [-0.05, 0) is 37.6 Å². The molecule has 1 aromatic carbocycles. The van der Waals surface area contributed by atoms with Crippen LogP contribution in [-0.2, 0) is 26.0 Å². The number of pyridine rings is 1. The molecule has 1 fully saturated rings. The van der Waals surface area contributed by atoms with E-state index in [1.54, 1.807) is 56.6 Å². The van der Waals surface area contributed by atoms with Crippen molar-refractivity contribution in [1.29, 1.82) is 0 Å². The van der Waals surface area contributed by atoms with Crippen LogP contribution in [0.25, 0.3) is 0 Å². The minimum Gasteiger partial charge on any atom is -0.368 e. The zero-order valence-electron chi connectivity index (χ0n) is 19.6. The molecule has 35 heavy (non-hydrogen) atoms. The van der Waals surface area contributed by atoms with Crippen molar-refractivity contribution in [2.75, 3.05) is 19.6 Å². The smallest absolute Gasteiger partial charge is 0.318 e. The monoisotopic (exact) mass is 502 g/mol. The highest BCUT2D eigenvalue weighted by Gasteiger charge is 2.40. The van der Waals surface area contributed by atoms with Gasteiger partial charge in [-0.15, -0.1) is 0 Å². The van der Waals surface area contributed by atoms with Crippen LogP contribution in [0.4, 0.5) is 4.79 Å². The Morgan fingerprint density at radius 3 is 2.40 bits per heavy atom. The number of aromatic nitrogens is 1. The lowest BCUT2D eigenvalue weighted by molar-refractivity contribution is -0.131. The second-order valence-corrected chi connectivity index (χ2v) is 10.5. The Morgan fingerprint density at radius 1 is 1.09 bits per heavy atom. The van der Waals surface area contributed by atoms with E-state index in [0.29, 0.717) is 5.56 Å². The molecule has 2 atom stereocenters. The highest BCUT2D eigenvalue weighted by molar-refractivity contribution is 7.89. The lowest BCUT2D eigenvalue weighted by atomic mass is 10.1. The number of hydrogen-bond acceptors (Lipinski definition) is 6. The molecule has 12 heteroatoms. The highest BCUT2D eigenvalue weighted by Crippen LogP contribution is 2.20. The molecule has 0 bridgehead atoms. The van der Waals surface area contributed by atoms with Crippen molar-refractivity contribution in [3.63, 3.8) is 0 Å². The van der Waals surface area contributed by atoms with Gasteiger partial charge in [-0.1, -0.05) is 24.3 Å². The normalized spacial score (nSPS) is 17.6. The molecular formula is C23H30N6O5S. The number of primary amides is 1. The largest absolute Gasteiger partial charge is 0.368 e. The minimum absolute atomic E-state index is 0.00739. The number of amides is 4. The van der Waals surface area contributed by atoms with Crippen LogP contribution >= 0.6 is 0 Å². The van der Waals surface area contributed by atoms with E-state index in [9.17, 15) is 22.8 Å². The molecule has 1 saturated heterocycles. The summed E-state index contributed by atoms with van der Waals surface area (Å²) in [6.45, 7) is 3.29. The second kappa shape index (κ2) is 11.3. The molecule has 1 aromatic heterocycles. The molecule has 2 heterocycles. The molecule has 1 aliphatic heterocycles. The Hall–Kier alpha value is -3.51. The average Bonchev–Trinajstić information content (AvgIpc) is 2.83. The van der Waals surface area contributed by atoms with Crippen molar-refractivity contribution in [2.24, 2.45) is 5.73 Å². The van der Waals surface area contributed by atoms with Gasteiger partial charge in [0.15, 0.2) is 0 Å². The van der Waals surface area contributed by atoms with Gasteiger partial charge in [0.2, 0.25) is 21.8 Å². The molecule has 0 aliphatic carbocycles. The van der Waals surface area contributed by atoms with Gasteiger partial charge in [0.25, 0.3) is 0 Å². The predicted octanol–water partition coefficient (Wildman–Crippen LogP) is 0.0873. The summed E-state index contributed by atoms with van der Waals surface area (Å²) in [5.74, 6) is -1.44. The summed E-state index contributed by atoms with van der Waals surface area (Å²) >= 11 is 0. The van der Waals surface area contributed by atoms with Crippen LogP contribution in [0, 0.1) is 0 Å². The van der Waals surface area contributed by atoms with Crippen molar-refractivity contribution in [2.45, 2.75) is 43.3 Å². The molecule has 0 radical (unpaired) electrons. The van der Waals surface area contributed by atoms with Crippen molar-refractivity contribution < 1.29 is 22.8 Å². The van der Waals surface area contributed by atoms with Gasteiger partial charge in [0, 0.05) is 44.5 Å². The van der Waals surface area contributed by atoms with Gasteiger partial charge < -0.3 is 21.3 Å². The number of nitrogens with zero attached hydrogens (tertiary/aromatic N) is 3. The first-order chi connectivity index (χ1) is 16.6. The summed E-state index contributed by atoms with van der Waals surface area (Å²) in [4.78, 5) is 43.6. The number of nitrogens with one attached hydrogen (secondary N) is 2. The number of benzene rings is 1. The Kier molecular flexibility index (Phi) is 8.41. The summed E-state index contributed by atoms with van der Waals surface area (Å²) in [7, 11) is -3.90. The number of hydrogen-bond donors (Lipinski definition) is 3. The van der Waals surface area contributed by atoms with Gasteiger partial charge >= 0.3 is 6.03 Å². The third-order valence-corrected chi connectivity index (χ3v) is 7.40. The Balaban J connectivity index is 1.85. The predicted molar refractivity (Wildman–Crippen MR) is 128 cm³/mol. The van der Waals surface area contributed by atoms with E-state index in [0.717, 1.165) is 0 Å².